The van der Waals surface area contributed by atoms with Gasteiger partial charge >= 0.3 is 0 Å². The second-order valence-electron chi connectivity index (χ2n) is 4.43. The first-order valence-electron chi connectivity index (χ1n) is 5.86. The van der Waals surface area contributed by atoms with Crippen LogP contribution in [-0.4, -0.2) is 5.11 Å². The minimum Gasteiger partial charge on any atom is -0.388 e. The van der Waals surface area contributed by atoms with Crippen molar-refractivity contribution < 1.29 is 9.50 Å². The zero-order chi connectivity index (χ0) is 14.0. The lowest BCUT2D eigenvalue weighted by atomic mass is 10.00. The maximum Gasteiger partial charge on any atom is 0.123 e. The summed E-state index contributed by atoms with van der Waals surface area (Å²) in [6.07, 6.45) is -0.312. The van der Waals surface area contributed by atoms with E-state index in [0.29, 0.717) is 6.42 Å². The number of aliphatic hydroxyl groups is 1. The highest BCUT2D eigenvalue weighted by atomic mass is 79.9. The summed E-state index contributed by atoms with van der Waals surface area (Å²) in [5, 5.41) is 10.3. The Balaban J connectivity index is 2.28. The third-order valence-electron chi connectivity index (χ3n) is 3.00. The molecule has 0 saturated carbocycles. The van der Waals surface area contributed by atoms with Crippen LogP contribution in [0.3, 0.4) is 0 Å². The Morgan fingerprint density at radius 2 is 1.95 bits per heavy atom. The molecule has 0 aliphatic heterocycles. The fourth-order valence-electron chi connectivity index (χ4n) is 1.95. The van der Waals surface area contributed by atoms with E-state index in [1.807, 2.05) is 25.1 Å². The summed E-state index contributed by atoms with van der Waals surface area (Å²) in [4.78, 5) is 0. The van der Waals surface area contributed by atoms with Gasteiger partial charge in [0.05, 0.1) is 6.10 Å². The fraction of sp³-hybridized carbons (Fsp3) is 0.200. The molecule has 0 spiro atoms. The van der Waals surface area contributed by atoms with Gasteiger partial charge in [-0.15, -0.1) is 0 Å². The van der Waals surface area contributed by atoms with Gasteiger partial charge < -0.3 is 5.11 Å². The van der Waals surface area contributed by atoms with Gasteiger partial charge in [0.1, 0.15) is 5.82 Å². The summed E-state index contributed by atoms with van der Waals surface area (Å²) in [7, 11) is 0. The Hall–Kier alpha value is -0.710. The van der Waals surface area contributed by atoms with Crippen molar-refractivity contribution in [1.82, 2.24) is 0 Å². The molecule has 0 heterocycles. The normalized spacial score (nSPS) is 12.5. The first kappa shape index (κ1) is 14.7. The van der Waals surface area contributed by atoms with Crippen LogP contribution in [0, 0.1) is 12.7 Å². The summed E-state index contributed by atoms with van der Waals surface area (Å²) in [5.41, 5.74) is 2.63. The van der Waals surface area contributed by atoms with Crippen molar-refractivity contribution in [1.29, 1.82) is 0 Å². The molecule has 2 aromatic carbocycles. The minimum absolute atomic E-state index is 0.297. The molecule has 0 amide bonds. The standard InChI is InChI=1S/C15H13Br2FO/c1-9-3-2-4-12(15(9)17)14(19)8-10-7-11(18)5-6-13(10)16/h2-7,14,19H,8H2,1H3. The Bertz CT molecular complexity index is 599. The van der Waals surface area contributed by atoms with E-state index >= 15 is 0 Å². The second-order valence-corrected chi connectivity index (χ2v) is 6.08. The van der Waals surface area contributed by atoms with Crippen molar-refractivity contribution in [2.45, 2.75) is 19.4 Å². The van der Waals surface area contributed by atoms with E-state index < -0.39 is 6.10 Å². The predicted molar refractivity (Wildman–Crippen MR) is 81.6 cm³/mol. The van der Waals surface area contributed by atoms with Gasteiger partial charge in [-0.25, -0.2) is 4.39 Å². The van der Waals surface area contributed by atoms with Gasteiger partial charge in [-0.3, -0.25) is 0 Å². The molecule has 2 aromatic rings. The summed E-state index contributed by atoms with van der Waals surface area (Å²) >= 11 is 6.86. The lowest BCUT2D eigenvalue weighted by Gasteiger charge is -2.15. The molecule has 0 aliphatic rings. The van der Waals surface area contributed by atoms with Crippen LogP contribution >= 0.6 is 31.9 Å². The highest BCUT2D eigenvalue weighted by Gasteiger charge is 2.15. The second kappa shape index (κ2) is 6.16. The van der Waals surface area contributed by atoms with Gasteiger partial charge in [0.25, 0.3) is 0 Å². The van der Waals surface area contributed by atoms with E-state index in [4.69, 9.17) is 0 Å². The van der Waals surface area contributed by atoms with Crippen molar-refractivity contribution in [3.63, 3.8) is 0 Å². The molecule has 2 rings (SSSR count). The van der Waals surface area contributed by atoms with Crippen LogP contribution in [0.2, 0.25) is 0 Å². The number of rotatable bonds is 3. The lowest BCUT2D eigenvalue weighted by Crippen LogP contribution is -2.04. The molecule has 100 valence electrons. The maximum atomic E-state index is 13.2. The molecule has 0 fully saturated rings. The summed E-state index contributed by atoms with van der Waals surface area (Å²) in [6, 6.07) is 10.2. The molecule has 0 radical (unpaired) electrons. The molecule has 1 unspecified atom stereocenters. The van der Waals surface area contributed by atoms with Crippen LogP contribution in [0.5, 0.6) is 0 Å². The van der Waals surface area contributed by atoms with Crippen LogP contribution in [0.25, 0.3) is 0 Å². The van der Waals surface area contributed by atoms with E-state index in [1.54, 1.807) is 6.07 Å². The first-order chi connectivity index (χ1) is 8.99. The van der Waals surface area contributed by atoms with Gasteiger partial charge in [0, 0.05) is 15.4 Å². The average Bonchev–Trinajstić information content (AvgIpc) is 2.37. The molecule has 19 heavy (non-hydrogen) atoms. The largest absolute Gasteiger partial charge is 0.388 e. The maximum absolute atomic E-state index is 13.2. The Morgan fingerprint density at radius 3 is 2.68 bits per heavy atom. The SMILES string of the molecule is Cc1cccc(C(O)Cc2cc(F)ccc2Br)c1Br. The third-order valence-corrected chi connectivity index (χ3v) is 4.86. The van der Waals surface area contributed by atoms with Gasteiger partial charge in [-0.1, -0.05) is 50.1 Å². The zero-order valence-electron chi connectivity index (χ0n) is 10.3. The van der Waals surface area contributed by atoms with Gasteiger partial charge in [-0.2, -0.15) is 0 Å². The number of hydrogen-bond donors (Lipinski definition) is 1. The number of benzene rings is 2. The molecule has 4 heteroatoms. The highest BCUT2D eigenvalue weighted by Crippen LogP contribution is 2.30. The number of hydrogen-bond acceptors (Lipinski definition) is 1. The Morgan fingerprint density at radius 1 is 1.21 bits per heavy atom. The quantitative estimate of drug-likeness (QED) is 0.791. The molecule has 0 aliphatic carbocycles. The van der Waals surface area contributed by atoms with Gasteiger partial charge in [0.15, 0.2) is 0 Å². The topological polar surface area (TPSA) is 20.2 Å². The monoisotopic (exact) mass is 386 g/mol. The van der Waals surface area contributed by atoms with Crippen LogP contribution in [-0.2, 0) is 6.42 Å². The molecular weight excluding hydrogens is 375 g/mol. The van der Waals surface area contributed by atoms with Gasteiger partial charge in [0.2, 0.25) is 0 Å². The van der Waals surface area contributed by atoms with Crippen LogP contribution in [0.1, 0.15) is 22.8 Å². The van der Waals surface area contributed by atoms with E-state index in [9.17, 15) is 9.50 Å². The van der Waals surface area contributed by atoms with E-state index in [1.165, 1.54) is 12.1 Å². The van der Waals surface area contributed by atoms with Crippen LogP contribution in [0.15, 0.2) is 45.3 Å². The smallest absolute Gasteiger partial charge is 0.123 e. The Kier molecular flexibility index (Phi) is 4.76. The van der Waals surface area contributed by atoms with Crippen molar-refractivity contribution in [2.75, 3.05) is 0 Å². The van der Waals surface area contributed by atoms with E-state index in [-0.39, 0.29) is 5.82 Å². The molecule has 0 bridgehead atoms. The Labute approximate surface area is 128 Å². The molecule has 1 atom stereocenters. The van der Waals surface area contributed by atoms with Crippen molar-refractivity contribution in [3.05, 3.63) is 67.9 Å². The molecule has 0 aromatic heterocycles. The number of aliphatic hydroxyl groups excluding tert-OH is 1. The fourth-order valence-corrected chi connectivity index (χ4v) is 2.88. The minimum atomic E-state index is -0.674. The summed E-state index contributed by atoms with van der Waals surface area (Å²) in [5.74, 6) is -0.297. The van der Waals surface area contributed by atoms with Crippen LogP contribution < -0.4 is 0 Å². The molecular formula is C15H13Br2FO. The number of halogens is 3. The molecule has 1 nitrogen and oxygen atoms in total. The lowest BCUT2D eigenvalue weighted by molar-refractivity contribution is 0.177. The van der Waals surface area contributed by atoms with Crippen molar-refractivity contribution in [3.8, 4) is 0 Å². The predicted octanol–water partition coefficient (Wildman–Crippen LogP) is 4.94. The van der Waals surface area contributed by atoms with Crippen molar-refractivity contribution in [2.24, 2.45) is 0 Å². The highest BCUT2D eigenvalue weighted by molar-refractivity contribution is 9.10. The molecule has 1 N–H and O–H groups in total. The van der Waals surface area contributed by atoms with Crippen molar-refractivity contribution >= 4 is 31.9 Å². The summed E-state index contributed by atoms with van der Waals surface area (Å²) in [6.45, 7) is 1.97. The van der Waals surface area contributed by atoms with Gasteiger partial charge in [-0.05, 0) is 41.8 Å². The number of aryl methyl sites for hydroxylation is 1. The first-order valence-corrected chi connectivity index (χ1v) is 7.44. The third kappa shape index (κ3) is 3.44. The average molecular weight is 388 g/mol. The van der Waals surface area contributed by atoms with Crippen LogP contribution in [0.4, 0.5) is 4.39 Å². The van der Waals surface area contributed by atoms with E-state index in [0.717, 1.165) is 25.6 Å². The summed E-state index contributed by atoms with van der Waals surface area (Å²) < 4.78 is 14.9. The molecule has 0 saturated heterocycles. The zero-order valence-corrected chi connectivity index (χ0v) is 13.5. The van der Waals surface area contributed by atoms with E-state index in [2.05, 4.69) is 31.9 Å².